The van der Waals surface area contributed by atoms with Crippen molar-refractivity contribution < 1.29 is 24.3 Å². The molecule has 1 atom stereocenters. The molecule has 0 saturated carbocycles. The van der Waals surface area contributed by atoms with Crippen LogP contribution in [0, 0.1) is 40.0 Å². The molecule has 8 nitrogen and oxygen atoms in total. The van der Waals surface area contributed by atoms with Crippen molar-refractivity contribution in [3.63, 3.8) is 0 Å². The fourth-order valence-corrected chi connectivity index (χ4v) is 5.66. The van der Waals surface area contributed by atoms with E-state index in [-0.39, 0.29) is 31.5 Å². The lowest BCUT2D eigenvalue weighted by atomic mass is 9.99. The van der Waals surface area contributed by atoms with Crippen molar-refractivity contribution in [2.24, 2.45) is 0 Å². The van der Waals surface area contributed by atoms with Crippen LogP contribution in [0.4, 0.5) is 17.1 Å². The van der Waals surface area contributed by atoms with Crippen LogP contribution in [0.1, 0.15) is 35.6 Å². The van der Waals surface area contributed by atoms with Crippen LogP contribution in [-0.4, -0.2) is 50.5 Å². The highest BCUT2D eigenvalue weighted by Crippen LogP contribution is 2.40. The van der Waals surface area contributed by atoms with Gasteiger partial charge in [0.2, 0.25) is 0 Å². The predicted molar refractivity (Wildman–Crippen MR) is 163 cm³/mol. The number of fused-ring (bicyclic) bond motifs is 1. The van der Waals surface area contributed by atoms with Crippen LogP contribution in [0.2, 0.25) is 0 Å². The number of carbonyl (C=O) groups is 2. The fraction of sp³-hybridized carbons (Fsp3) is 0.355. The van der Waals surface area contributed by atoms with Crippen molar-refractivity contribution in [3.8, 4) is 12.3 Å². The number of hydrogen-bond donors (Lipinski definition) is 1. The Hall–Kier alpha value is -3.87. The van der Waals surface area contributed by atoms with E-state index in [1.807, 2.05) is 75.9 Å². The first-order valence-corrected chi connectivity index (χ1v) is 13.6. The van der Waals surface area contributed by atoms with Gasteiger partial charge >= 0.3 is 11.9 Å². The van der Waals surface area contributed by atoms with E-state index in [0.717, 1.165) is 55.3 Å². The van der Waals surface area contributed by atoms with Gasteiger partial charge in [0.1, 0.15) is 6.54 Å². The molecule has 0 aromatic heterocycles. The maximum absolute atomic E-state index is 12.5. The van der Waals surface area contributed by atoms with Crippen LogP contribution in [0.5, 0.6) is 0 Å². The smallest absolute Gasteiger partial charge is 0.326 e. The molecule has 0 heterocycles. The molecule has 3 aromatic carbocycles. The van der Waals surface area contributed by atoms with Gasteiger partial charge < -0.3 is 14.4 Å². The van der Waals surface area contributed by atoms with Gasteiger partial charge in [-0.3, -0.25) is 19.1 Å². The van der Waals surface area contributed by atoms with Gasteiger partial charge in [-0.05, 0) is 69.0 Å². The Balaban J connectivity index is 2.12. The van der Waals surface area contributed by atoms with Crippen molar-refractivity contribution >= 4 is 51.9 Å². The van der Waals surface area contributed by atoms with Crippen molar-refractivity contribution in [3.05, 3.63) is 64.7 Å². The van der Waals surface area contributed by atoms with Gasteiger partial charge in [0.25, 0.3) is 0 Å². The zero-order valence-electron chi connectivity index (χ0n) is 24.1. The van der Waals surface area contributed by atoms with Crippen molar-refractivity contribution in [1.82, 2.24) is 0 Å². The molecule has 3 rings (SSSR count). The van der Waals surface area contributed by atoms with E-state index in [1.165, 1.54) is 14.2 Å². The summed E-state index contributed by atoms with van der Waals surface area (Å²) >= 11 is 1.01. The molecule has 0 spiro atoms. The topological polar surface area (TPSA) is 82.5 Å². The molecule has 40 heavy (non-hydrogen) atoms. The van der Waals surface area contributed by atoms with Crippen molar-refractivity contribution in [2.45, 2.75) is 47.1 Å². The summed E-state index contributed by atoms with van der Waals surface area (Å²) in [6.07, 6.45) is 5.89. The van der Waals surface area contributed by atoms with Crippen LogP contribution in [0.3, 0.4) is 0 Å². The molecule has 0 aliphatic rings. The third kappa shape index (κ3) is 6.64. The van der Waals surface area contributed by atoms with Crippen LogP contribution in [-0.2, 0) is 19.1 Å². The average molecular weight is 564 g/mol. The van der Waals surface area contributed by atoms with E-state index < -0.39 is 5.97 Å². The number of esters is 2. The molecule has 212 valence electrons. The second kappa shape index (κ2) is 13.5. The summed E-state index contributed by atoms with van der Waals surface area (Å²) in [5, 5.41) is 13.1. The first-order chi connectivity index (χ1) is 19.0. The molecule has 0 bridgehead atoms. The molecule has 3 aromatic rings. The molecule has 0 fully saturated rings. The number of hydrogen-bond acceptors (Lipinski definition) is 9. The number of anilines is 3. The lowest BCUT2D eigenvalue weighted by Crippen LogP contribution is -2.35. The second-order valence-corrected chi connectivity index (χ2v) is 10.6. The van der Waals surface area contributed by atoms with Gasteiger partial charge in [0, 0.05) is 22.5 Å². The molecule has 0 unspecified atom stereocenters. The summed E-state index contributed by atoms with van der Waals surface area (Å²) in [4.78, 5) is 26.5. The maximum Gasteiger partial charge on any atom is 0.326 e. The quantitative estimate of drug-likeness (QED) is 0.133. The summed E-state index contributed by atoms with van der Waals surface area (Å²) in [5.74, 6) is 1.92. The molecule has 1 N–H and O–H groups in total. The van der Waals surface area contributed by atoms with Gasteiger partial charge in [0.15, 0.2) is 0 Å². The Morgan fingerprint density at radius 1 is 0.950 bits per heavy atom. The van der Waals surface area contributed by atoms with Gasteiger partial charge in [-0.25, -0.2) is 0 Å². The van der Waals surface area contributed by atoms with E-state index in [0.29, 0.717) is 11.4 Å². The average Bonchev–Trinajstić information content (AvgIpc) is 2.94. The van der Waals surface area contributed by atoms with E-state index in [2.05, 4.69) is 12.0 Å². The van der Waals surface area contributed by atoms with E-state index >= 15 is 0 Å². The number of rotatable bonds is 11. The van der Waals surface area contributed by atoms with Crippen LogP contribution in [0.25, 0.3) is 10.8 Å². The third-order valence-corrected chi connectivity index (χ3v) is 7.99. The molecule has 0 radical (unpaired) electrons. The zero-order valence-corrected chi connectivity index (χ0v) is 25.0. The predicted octanol–water partition coefficient (Wildman–Crippen LogP) is 5.90. The van der Waals surface area contributed by atoms with Gasteiger partial charge in [-0.1, -0.05) is 36.3 Å². The van der Waals surface area contributed by atoms with Crippen LogP contribution in [0.15, 0.2) is 42.5 Å². The lowest BCUT2D eigenvalue weighted by molar-refractivity contribution is -0.141. The molecule has 0 aliphatic heterocycles. The summed E-state index contributed by atoms with van der Waals surface area (Å²) < 4.78 is 12.7. The Kier molecular flexibility index (Phi) is 10.3. The number of ether oxygens (including phenoxy) is 2. The van der Waals surface area contributed by atoms with Crippen LogP contribution >= 0.6 is 12.1 Å². The zero-order chi connectivity index (χ0) is 29.6. The number of aryl methyl sites for hydroxylation is 2. The van der Waals surface area contributed by atoms with E-state index in [9.17, 15) is 14.8 Å². The number of methoxy groups -OCH3 is 2. The highest BCUT2D eigenvalue weighted by atomic mass is 32.2. The molecule has 0 amide bonds. The summed E-state index contributed by atoms with van der Waals surface area (Å²) in [7, 11) is 2.70. The molecule has 0 aliphatic carbocycles. The van der Waals surface area contributed by atoms with Crippen LogP contribution < -0.4 is 13.7 Å². The van der Waals surface area contributed by atoms with Crippen molar-refractivity contribution in [1.29, 1.82) is 0 Å². The Bertz CT molecular complexity index is 1410. The number of benzene rings is 3. The highest BCUT2D eigenvalue weighted by Gasteiger charge is 2.25. The summed E-state index contributed by atoms with van der Waals surface area (Å²) in [6, 6.07) is 13.4. The Morgan fingerprint density at radius 3 is 2.05 bits per heavy atom. The number of terminal acetylenes is 1. The maximum atomic E-state index is 12.5. The summed E-state index contributed by atoms with van der Waals surface area (Å²) in [6.45, 7) is 10.0. The molecule has 9 heteroatoms. The first kappa shape index (κ1) is 30.7. The fourth-order valence-electron chi connectivity index (χ4n) is 4.70. The first-order valence-electron chi connectivity index (χ1n) is 12.9. The minimum absolute atomic E-state index is 0.114. The molecular formula is C31H37N3O5S. The monoisotopic (exact) mass is 563 g/mol. The second-order valence-electron chi connectivity index (χ2n) is 9.69. The van der Waals surface area contributed by atoms with E-state index in [1.54, 1.807) is 4.31 Å². The lowest BCUT2D eigenvalue weighted by Gasteiger charge is -2.32. The van der Waals surface area contributed by atoms with Gasteiger partial charge in [-0.2, -0.15) is 4.47 Å². The Morgan fingerprint density at radius 2 is 1.50 bits per heavy atom. The molecule has 0 saturated heterocycles. The van der Waals surface area contributed by atoms with Gasteiger partial charge in [0.05, 0.1) is 50.7 Å². The normalized spacial score (nSPS) is 11.5. The molecular weight excluding hydrogens is 526 g/mol. The van der Waals surface area contributed by atoms with E-state index in [4.69, 9.17) is 15.9 Å². The minimum Gasteiger partial charge on any atom is -0.469 e. The standard InChI is InChI=1S/C31H37N3O5S/c1-9-16-32(22(4)18-29(35)38-7)27-14-15-28(26-13-11-10-12-25(26)27)33(19-30(36)39-8)40-34(37)31-23(5)20(2)17-21(3)24(31)6/h1,10-15,17,22,37H,16,18-19H2,2-8H3/t22-/m0/s1. The largest absolute Gasteiger partial charge is 0.469 e. The summed E-state index contributed by atoms with van der Waals surface area (Å²) in [5.41, 5.74) is 6.23. The van der Waals surface area contributed by atoms with Gasteiger partial charge in [-0.15, -0.1) is 6.42 Å². The SMILES string of the molecule is C#CCN(c1ccc(N(CC(=O)OC)SN(O)c2c(C)c(C)cc(C)c2C)c2ccccc12)[C@@H](C)CC(=O)OC. The number of carbonyl (C=O) groups excluding carboxylic acids is 2. The third-order valence-electron chi connectivity index (χ3n) is 7.13. The number of nitrogens with zero attached hydrogens (tertiary/aromatic N) is 3. The Labute approximate surface area is 241 Å². The minimum atomic E-state index is -0.455. The van der Waals surface area contributed by atoms with Crippen molar-refractivity contribution in [2.75, 3.05) is 41.0 Å². The highest BCUT2D eigenvalue weighted by molar-refractivity contribution is 8.01.